The highest BCUT2D eigenvalue weighted by atomic mass is 16.5. The first-order valence-electron chi connectivity index (χ1n) is 5.85. The fourth-order valence-corrected chi connectivity index (χ4v) is 1.59. The molecule has 2 rings (SSSR count). The summed E-state index contributed by atoms with van der Waals surface area (Å²) < 4.78 is 5.02. The van der Waals surface area contributed by atoms with Crippen LogP contribution in [0.5, 0.6) is 11.5 Å². The van der Waals surface area contributed by atoms with E-state index in [1.807, 2.05) is 0 Å². The molecule has 3 N–H and O–H groups in total. The highest BCUT2D eigenvalue weighted by Gasteiger charge is 2.09. The summed E-state index contributed by atoms with van der Waals surface area (Å²) in [4.78, 5) is 29.0. The van der Waals surface area contributed by atoms with E-state index >= 15 is 0 Å². The second-order valence-corrected chi connectivity index (χ2v) is 3.89. The van der Waals surface area contributed by atoms with Crippen molar-refractivity contribution in [2.75, 3.05) is 7.11 Å². The maximum atomic E-state index is 11.7. The zero-order valence-electron chi connectivity index (χ0n) is 11.0. The maximum absolute atomic E-state index is 11.7. The number of hydrazone groups is 1. The monoisotopic (exact) mass is 288 g/mol. The Bertz CT molecular complexity index is 739. The molecule has 1 aromatic heterocycles. The lowest BCUT2D eigenvalue weighted by Crippen LogP contribution is -2.26. The molecule has 8 nitrogen and oxygen atoms in total. The van der Waals surface area contributed by atoms with E-state index in [0.717, 1.165) is 6.20 Å². The summed E-state index contributed by atoms with van der Waals surface area (Å²) in [5.74, 6) is -0.508. The number of hydrogen-bond donors (Lipinski definition) is 3. The van der Waals surface area contributed by atoms with Crippen LogP contribution in [0.4, 0.5) is 0 Å². The van der Waals surface area contributed by atoms with Gasteiger partial charge in [-0.1, -0.05) is 6.07 Å². The molecule has 0 saturated heterocycles. The minimum Gasteiger partial charge on any atom is -0.504 e. The number of H-pyrrole nitrogens is 1. The van der Waals surface area contributed by atoms with E-state index in [2.05, 4.69) is 20.5 Å². The average molecular weight is 288 g/mol. The van der Waals surface area contributed by atoms with Gasteiger partial charge in [0.2, 0.25) is 0 Å². The van der Waals surface area contributed by atoms with Crippen LogP contribution >= 0.6 is 0 Å². The van der Waals surface area contributed by atoms with Crippen molar-refractivity contribution in [2.45, 2.75) is 0 Å². The third-order valence-electron chi connectivity index (χ3n) is 2.56. The van der Waals surface area contributed by atoms with E-state index < -0.39 is 11.5 Å². The van der Waals surface area contributed by atoms with Gasteiger partial charge in [0, 0.05) is 11.8 Å². The van der Waals surface area contributed by atoms with E-state index in [4.69, 9.17) is 4.74 Å². The van der Waals surface area contributed by atoms with Crippen LogP contribution in [0, 0.1) is 0 Å². The summed E-state index contributed by atoms with van der Waals surface area (Å²) in [6, 6.07) is 4.71. The minimum absolute atomic E-state index is 0.0449. The van der Waals surface area contributed by atoms with Gasteiger partial charge < -0.3 is 14.8 Å². The number of phenols is 1. The van der Waals surface area contributed by atoms with E-state index in [-0.39, 0.29) is 17.1 Å². The molecule has 0 aliphatic carbocycles. The van der Waals surface area contributed by atoms with Gasteiger partial charge in [0.05, 0.1) is 19.7 Å². The fraction of sp³-hybridized carbons (Fsp3) is 0.0769. The lowest BCUT2D eigenvalue weighted by Gasteiger charge is -2.05. The molecule has 8 heteroatoms. The molecular formula is C13H12N4O4. The molecule has 0 aliphatic rings. The van der Waals surface area contributed by atoms with Crippen molar-refractivity contribution in [3.8, 4) is 11.5 Å². The number of amides is 1. The zero-order valence-corrected chi connectivity index (χ0v) is 11.0. The van der Waals surface area contributed by atoms with Crippen molar-refractivity contribution in [1.29, 1.82) is 0 Å². The van der Waals surface area contributed by atoms with Gasteiger partial charge in [0.15, 0.2) is 11.5 Å². The molecule has 0 spiro atoms. The Morgan fingerprint density at radius 3 is 3.05 bits per heavy atom. The summed E-state index contributed by atoms with van der Waals surface area (Å²) >= 11 is 0. The second kappa shape index (κ2) is 6.33. The Morgan fingerprint density at radius 2 is 2.33 bits per heavy atom. The van der Waals surface area contributed by atoms with Crippen molar-refractivity contribution in [3.05, 3.63) is 52.2 Å². The first-order valence-corrected chi connectivity index (χ1v) is 5.85. The fourth-order valence-electron chi connectivity index (χ4n) is 1.59. The SMILES string of the molecule is COc1c(O)cccc1/C=N/NC(=O)c1cnc[nH]c1=O. The number of nitrogens with zero attached hydrogens (tertiary/aromatic N) is 2. The highest BCUT2D eigenvalue weighted by Crippen LogP contribution is 2.28. The Morgan fingerprint density at radius 1 is 1.52 bits per heavy atom. The number of rotatable bonds is 4. The van der Waals surface area contributed by atoms with Crippen molar-refractivity contribution in [2.24, 2.45) is 5.10 Å². The van der Waals surface area contributed by atoms with E-state index in [9.17, 15) is 14.7 Å². The second-order valence-electron chi connectivity index (χ2n) is 3.89. The van der Waals surface area contributed by atoms with Crippen LogP contribution in [0.2, 0.25) is 0 Å². The van der Waals surface area contributed by atoms with Crippen molar-refractivity contribution in [3.63, 3.8) is 0 Å². The summed E-state index contributed by atoms with van der Waals surface area (Å²) in [5, 5.41) is 13.3. The highest BCUT2D eigenvalue weighted by molar-refractivity contribution is 5.94. The van der Waals surface area contributed by atoms with Gasteiger partial charge in [0.1, 0.15) is 5.56 Å². The molecule has 0 saturated carbocycles. The molecule has 0 aliphatic heterocycles. The molecule has 0 radical (unpaired) electrons. The number of aromatic nitrogens is 2. The van der Waals surface area contributed by atoms with E-state index in [1.165, 1.54) is 25.7 Å². The maximum Gasteiger partial charge on any atom is 0.278 e. The number of para-hydroxylation sites is 1. The molecule has 2 aromatic rings. The van der Waals surface area contributed by atoms with E-state index in [1.54, 1.807) is 12.1 Å². The van der Waals surface area contributed by atoms with Gasteiger partial charge in [-0.05, 0) is 12.1 Å². The molecule has 1 amide bonds. The quantitative estimate of drug-likeness (QED) is 0.550. The number of hydrogen-bond acceptors (Lipinski definition) is 6. The number of nitrogens with one attached hydrogen (secondary N) is 2. The third kappa shape index (κ3) is 3.24. The molecule has 1 heterocycles. The molecule has 0 atom stereocenters. The number of aromatic hydroxyl groups is 1. The van der Waals surface area contributed by atoms with Gasteiger partial charge in [-0.15, -0.1) is 0 Å². The van der Waals surface area contributed by atoms with Crippen LogP contribution in [0.3, 0.4) is 0 Å². The number of phenolic OH excluding ortho intramolecular Hbond substituents is 1. The lowest BCUT2D eigenvalue weighted by molar-refractivity contribution is 0.0953. The van der Waals surface area contributed by atoms with Gasteiger partial charge in [0.25, 0.3) is 11.5 Å². The summed E-state index contributed by atoms with van der Waals surface area (Å²) in [5.41, 5.74) is 1.95. The number of ether oxygens (including phenoxy) is 1. The van der Waals surface area contributed by atoms with Crippen molar-refractivity contribution in [1.82, 2.24) is 15.4 Å². The van der Waals surface area contributed by atoms with Crippen LogP contribution in [0.15, 0.2) is 40.6 Å². The number of methoxy groups -OCH3 is 1. The number of carbonyl (C=O) groups excluding carboxylic acids is 1. The van der Waals surface area contributed by atoms with Crippen LogP contribution in [0.25, 0.3) is 0 Å². The number of benzene rings is 1. The van der Waals surface area contributed by atoms with E-state index in [0.29, 0.717) is 5.56 Å². The first kappa shape index (κ1) is 14.3. The van der Waals surface area contributed by atoms with Crippen molar-refractivity contribution >= 4 is 12.1 Å². The van der Waals surface area contributed by atoms with Gasteiger partial charge in [-0.25, -0.2) is 10.4 Å². The van der Waals surface area contributed by atoms with Crippen LogP contribution in [-0.2, 0) is 0 Å². The Balaban J connectivity index is 2.13. The molecule has 108 valence electrons. The lowest BCUT2D eigenvalue weighted by atomic mass is 10.2. The van der Waals surface area contributed by atoms with Crippen molar-refractivity contribution < 1.29 is 14.6 Å². The Kier molecular flexibility index (Phi) is 4.30. The topological polar surface area (TPSA) is 117 Å². The number of aromatic amines is 1. The molecule has 0 fully saturated rings. The number of carbonyl (C=O) groups is 1. The average Bonchev–Trinajstić information content (AvgIpc) is 2.48. The molecule has 1 aromatic carbocycles. The Hall–Kier alpha value is -3.16. The third-order valence-corrected chi connectivity index (χ3v) is 2.56. The normalized spacial score (nSPS) is 10.5. The molecule has 0 bridgehead atoms. The zero-order chi connectivity index (χ0) is 15.2. The van der Waals surface area contributed by atoms with Gasteiger partial charge in [-0.2, -0.15) is 5.10 Å². The first-order chi connectivity index (χ1) is 10.1. The minimum atomic E-state index is -0.695. The van der Waals surface area contributed by atoms with Crippen LogP contribution < -0.4 is 15.7 Å². The van der Waals surface area contributed by atoms with Crippen LogP contribution in [0.1, 0.15) is 15.9 Å². The van der Waals surface area contributed by atoms with Gasteiger partial charge >= 0.3 is 0 Å². The molecule has 21 heavy (non-hydrogen) atoms. The summed E-state index contributed by atoms with van der Waals surface area (Å²) in [6.07, 6.45) is 3.61. The smallest absolute Gasteiger partial charge is 0.278 e. The summed E-state index contributed by atoms with van der Waals surface area (Å²) in [6.45, 7) is 0. The molecular weight excluding hydrogens is 276 g/mol. The standard InChI is InChI=1S/C13H12N4O4/c1-21-11-8(3-2-4-10(11)18)5-16-17-13(20)9-6-14-7-15-12(9)19/h2-7,18H,1H3,(H,17,20)(H,14,15,19)/b16-5+. The van der Waals surface area contributed by atoms with Crippen LogP contribution in [-0.4, -0.2) is 34.3 Å². The predicted octanol–water partition coefficient (Wildman–Crippen LogP) is 0.248. The molecule has 0 unspecified atom stereocenters. The largest absolute Gasteiger partial charge is 0.504 e. The summed E-state index contributed by atoms with van der Waals surface area (Å²) in [7, 11) is 1.40. The predicted molar refractivity (Wildman–Crippen MR) is 74.6 cm³/mol. The van der Waals surface area contributed by atoms with Gasteiger partial charge in [-0.3, -0.25) is 9.59 Å². The Labute approximate surface area is 119 Å².